The minimum Gasteiger partial charge on any atom is -0.206 e. The van der Waals surface area contributed by atoms with Crippen molar-refractivity contribution >= 4 is 0 Å². The van der Waals surface area contributed by atoms with Crippen LogP contribution < -0.4 is 0 Å². The van der Waals surface area contributed by atoms with Gasteiger partial charge in [0.15, 0.2) is 11.6 Å². The highest BCUT2D eigenvalue weighted by molar-refractivity contribution is 5.44. The Hall–Kier alpha value is -2.21. The summed E-state index contributed by atoms with van der Waals surface area (Å²) in [6, 6.07) is 8.62. The predicted octanol–water partition coefficient (Wildman–Crippen LogP) is 7.68. The molecule has 0 nitrogen and oxygen atoms in total. The molecular formula is C27H31F3. The standard InChI is InChI=1S/C27H31F3/c1-3-4-5-20-6-11-23(12-7-20)19(2)16-22-9-14-24(26(29)18-22)13-8-21-10-15-25(28)27(30)17-21/h9-10,14-15,17-20,23H,3-7,11-12,16H2,1-2H3. The highest BCUT2D eigenvalue weighted by Gasteiger charge is 2.25. The Morgan fingerprint density at radius 3 is 2.33 bits per heavy atom. The summed E-state index contributed by atoms with van der Waals surface area (Å²) in [5.41, 5.74) is 1.58. The molecule has 2 aromatic carbocycles. The van der Waals surface area contributed by atoms with E-state index in [2.05, 4.69) is 25.7 Å². The van der Waals surface area contributed by atoms with Crippen molar-refractivity contribution in [3.05, 3.63) is 70.5 Å². The Morgan fingerprint density at radius 1 is 0.900 bits per heavy atom. The fraction of sp³-hybridized carbons (Fsp3) is 0.481. The van der Waals surface area contributed by atoms with Crippen molar-refractivity contribution in [1.82, 2.24) is 0 Å². The van der Waals surface area contributed by atoms with Crippen molar-refractivity contribution in [3.63, 3.8) is 0 Å². The van der Waals surface area contributed by atoms with Gasteiger partial charge in [0.1, 0.15) is 5.82 Å². The molecule has 0 aliphatic heterocycles. The maximum atomic E-state index is 14.5. The van der Waals surface area contributed by atoms with E-state index in [9.17, 15) is 13.2 Å². The maximum absolute atomic E-state index is 14.5. The van der Waals surface area contributed by atoms with Crippen LogP contribution >= 0.6 is 0 Å². The molecular weight excluding hydrogens is 381 g/mol. The molecule has 1 aliphatic carbocycles. The number of rotatable bonds is 6. The fourth-order valence-electron chi connectivity index (χ4n) is 4.58. The van der Waals surface area contributed by atoms with Gasteiger partial charge in [-0.1, -0.05) is 63.9 Å². The summed E-state index contributed by atoms with van der Waals surface area (Å²) < 4.78 is 40.8. The van der Waals surface area contributed by atoms with Crippen LogP contribution in [0, 0.1) is 47.0 Å². The van der Waals surface area contributed by atoms with E-state index in [1.54, 1.807) is 12.1 Å². The second-order valence-corrected chi connectivity index (χ2v) is 8.80. The van der Waals surface area contributed by atoms with Crippen LogP contribution in [0.15, 0.2) is 36.4 Å². The molecule has 160 valence electrons. The SMILES string of the molecule is CCCCC1CCC(C(C)Cc2ccc(C#Cc3ccc(F)c(F)c3)c(F)c2)CC1. The number of benzene rings is 2. The molecule has 0 heterocycles. The number of hydrogen-bond acceptors (Lipinski definition) is 0. The van der Waals surface area contributed by atoms with Crippen LogP contribution in [0.4, 0.5) is 13.2 Å². The van der Waals surface area contributed by atoms with E-state index in [4.69, 9.17) is 0 Å². The van der Waals surface area contributed by atoms with Gasteiger partial charge in [0, 0.05) is 5.56 Å². The van der Waals surface area contributed by atoms with Crippen molar-refractivity contribution in [2.75, 3.05) is 0 Å². The van der Waals surface area contributed by atoms with Gasteiger partial charge in [-0.2, -0.15) is 0 Å². The van der Waals surface area contributed by atoms with Crippen molar-refractivity contribution in [2.24, 2.45) is 17.8 Å². The lowest BCUT2D eigenvalue weighted by molar-refractivity contribution is 0.204. The van der Waals surface area contributed by atoms with Crippen molar-refractivity contribution in [1.29, 1.82) is 0 Å². The van der Waals surface area contributed by atoms with E-state index >= 15 is 0 Å². The van der Waals surface area contributed by atoms with Gasteiger partial charge in [-0.05, 0) is 72.9 Å². The fourth-order valence-corrected chi connectivity index (χ4v) is 4.58. The van der Waals surface area contributed by atoms with E-state index in [0.29, 0.717) is 11.5 Å². The molecule has 0 amide bonds. The molecule has 3 heteroatoms. The van der Waals surface area contributed by atoms with Gasteiger partial charge in [0.2, 0.25) is 0 Å². The first-order chi connectivity index (χ1) is 14.5. The lowest BCUT2D eigenvalue weighted by Gasteiger charge is -2.32. The minimum atomic E-state index is -0.953. The zero-order valence-corrected chi connectivity index (χ0v) is 18.0. The van der Waals surface area contributed by atoms with Crippen LogP contribution in [0.5, 0.6) is 0 Å². The third-order valence-electron chi connectivity index (χ3n) is 6.51. The Labute approximate surface area is 178 Å². The van der Waals surface area contributed by atoms with Crippen LogP contribution in [0.3, 0.4) is 0 Å². The predicted molar refractivity (Wildman–Crippen MR) is 117 cm³/mol. The quantitative estimate of drug-likeness (QED) is 0.427. The van der Waals surface area contributed by atoms with E-state index < -0.39 is 11.6 Å². The molecule has 1 atom stereocenters. The van der Waals surface area contributed by atoms with Gasteiger partial charge >= 0.3 is 0 Å². The summed E-state index contributed by atoms with van der Waals surface area (Å²) in [4.78, 5) is 0. The van der Waals surface area contributed by atoms with Crippen LogP contribution in [-0.2, 0) is 6.42 Å². The van der Waals surface area contributed by atoms with Gasteiger partial charge in [-0.3, -0.25) is 0 Å². The molecule has 1 fully saturated rings. The van der Waals surface area contributed by atoms with Gasteiger partial charge in [-0.15, -0.1) is 0 Å². The van der Waals surface area contributed by atoms with Crippen molar-refractivity contribution in [2.45, 2.75) is 65.2 Å². The first kappa shape index (κ1) is 22.5. The molecule has 1 saturated carbocycles. The smallest absolute Gasteiger partial charge is 0.160 e. The van der Waals surface area contributed by atoms with E-state index in [-0.39, 0.29) is 11.4 Å². The highest BCUT2D eigenvalue weighted by atomic mass is 19.2. The lowest BCUT2D eigenvalue weighted by Crippen LogP contribution is -2.21. The molecule has 1 aliphatic rings. The molecule has 2 aromatic rings. The summed E-state index contributed by atoms with van der Waals surface area (Å²) in [5.74, 6) is 5.36. The number of unbranched alkanes of at least 4 members (excludes halogenated alkanes) is 1. The van der Waals surface area contributed by atoms with Gasteiger partial charge in [0.25, 0.3) is 0 Å². The van der Waals surface area contributed by atoms with E-state index in [1.807, 2.05) is 6.07 Å². The van der Waals surface area contributed by atoms with Crippen LogP contribution in [0.25, 0.3) is 0 Å². The van der Waals surface area contributed by atoms with Gasteiger partial charge in [0.05, 0.1) is 5.56 Å². The van der Waals surface area contributed by atoms with Crippen molar-refractivity contribution in [3.8, 4) is 11.8 Å². The zero-order chi connectivity index (χ0) is 21.5. The number of halogens is 3. The summed E-state index contributed by atoms with van der Waals surface area (Å²) in [6.45, 7) is 4.54. The van der Waals surface area contributed by atoms with Crippen LogP contribution in [-0.4, -0.2) is 0 Å². The third kappa shape index (κ3) is 6.14. The Morgan fingerprint density at radius 2 is 1.67 bits per heavy atom. The molecule has 0 saturated heterocycles. The zero-order valence-electron chi connectivity index (χ0n) is 18.0. The van der Waals surface area contributed by atoms with Gasteiger partial charge < -0.3 is 0 Å². The van der Waals surface area contributed by atoms with Gasteiger partial charge in [-0.25, -0.2) is 13.2 Å². The molecule has 1 unspecified atom stereocenters. The average molecular weight is 413 g/mol. The molecule has 3 rings (SSSR count). The summed E-state index contributed by atoms with van der Waals surface area (Å²) in [7, 11) is 0. The third-order valence-corrected chi connectivity index (χ3v) is 6.51. The molecule has 0 aromatic heterocycles. The molecule has 0 radical (unpaired) electrons. The second kappa shape index (κ2) is 10.7. The summed E-state index contributed by atoms with van der Waals surface area (Å²) in [5, 5.41) is 0. The Balaban J connectivity index is 1.58. The largest absolute Gasteiger partial charge is 0.206 e. The monoisotopic (exact) mass is 412 g/mol. The highest BCUT2D eigenvalue weighted by Crippen LogP contribution is 2.36. The molecule has 30 heavy (non-hydrogen) atoms. The topological polar surface area (TPSA) is 0 Å². The second-order valence-electron chi connectivity index (χ2n) is 8.80. The first-order valence-corrected chi connectivity index (χ1v) is 11.2. The lowest BCUT2D eigenvalue weighted by atomic mass is 9.73. The van der Waals surface area contributed by atoms with Crippen LogP contribution in [0.2, 0.25) is 0 Å². The molecule has 0 spiro atoms. The Kier molecular flexibility index (Phi) is 8.02. The first-order valence-electron chi connectivity index (χ1n) is 11.2. The normalized spacial score (nSPS) is 19.8. The Bertz CT molecular complexity index is 898. The molecule has 0 bridgehead atoms. The van der Waals surface area contributed by atoms with Crippen LogP contribution in [0.1, 0.15) is 75.5 Å². The maximum Gasteiger partial charge on any atom is 0.160 e. The average Bonchev–Trinajstić information content (AvgIpc) is 2.74. The summed E-state index contributed by atoms with van der Waals surface area (Å²) >= 11 is 0. The number of hydrogen-bond donors (Lipinski definition) is 0. The summed E-state index contributed by atoms with van der Waals surface area (Å²) in [6.07, 6.45) is 10.1. The van der Waals surface area contributed by atoms with Crippen molar-refractivity contribution < 1.29 is 13.2 Å². The van der Waals surface area contributed by atoms with E-state index in [1.165, 1.54) is 51.0 Å². The molecule has 0 N–H and O–H groups in total. The van der Waals surface area contributed by atoms with E-state index in [0.717, 1.165) is 36.0 Å². The minimum absolute atomic E-state index is 0.271.